The molecule has 0 fully saturated rings. The maximum atomic E-state index is 10.7. The van der Waals surface area contributed by atoms with Crippen LogP contribution in [0.2, 0.25) is 0 Å². The van der Waals surface area contributed by atoms with Crippen molar-refractivity contribution >= 4 is 0 Å². The largest absolute Gasteiger partial charge is 0.507 e. The molecule has 0 heterocycles. The summed E-state index contributed by atoms with van der Waals surface area (Å²) < 4.78 is 39.7. The molecular weight excluding hydrogens is 300 g/mol. The van der Waals surface area contributed by atoms with Crippen LogP contribution >= 0.6 is 0 Å². The van der Waals surface area contributed by atoms with Crippen LogP contribution in [0.15, 0.2) is 23.8 Å². The smallest absolute Gasteiger partial charge is 0.123 e. The lowest BCUT2D eigenvalue weighted by atomic mass is 9.69. The second-order valence-electron chi connectivity index (χ2n) is 7.25. The third-order valence-corrected chi connectivity index (χ3v) is 4.80. The number of hydrogen-bond acceptors (Lipinski definition) is 3. The van der Waals surface area contributed by atoms with Crippen molar-refractivity contribution in [2.45, 2.75) is 77.6 Å². The van der Waals surface area contributed by atoms with E-state index in [2.05, 4.69) is 6.92 Å². The molecule has 0 radical (unpaired) electrons. The molecule has 3 heteroatoms. The van der Waals surface area contributed by atoms with Crippen LogP contribution in [0.25, 0.3) is 0 Å². The van der Waals surface area contributed by atoms with Crippen LogP contribution in [0.3, 0.4) is 0 Å². The van der Waals surface area contributed by atoms with Crippen molar-refractivity contribution in [3.05, 3.63) is 34.9 Å². The molecule has 0 saturated heterocycles. The van der Waals surface area contributed by atoms with Gasteiger partial charge in [0.2, 0.25) is 0 Å². The highest BCUT2D eigenvalue weighted by molar-refractivity contribution is 5.51. The first-order chi connectivity index (χ1) is 13.2. The summed E-state index contributed by atoms with van der Waals surface area (Å²) in [5, 5.41) is 32.0. The average molecular weight is 338 g/mol. The molecule has 1 aliphatic carbocycles. The predicted octanol–water partition coefficient (Wildman–Crippen LogP) is 5.04. The number of allylic oxidation sites excluding steroid dienone is 2. The Bertz CT molecular complexity index is 740. The molecule has 0 bridgehead atoms. The Morgan fingerprint density at radius 2 is 1.92 bits per heavy atom. The van der Waals surface area contributed by atoms with Gasteiger partial charge in [-0.3, -0.25) is 0 Å². The normalized spacial score (nSPS) is 27.3. The molecule has 1 aromatic carbocycles. The number of aliphatic hydroxyl groups is 1. The lowest BCUT2D eigenvalue weighted by Gasteiger charge is -2.38. The van der Waals surface area contributed by atoms with Gasteiger partial charge >= 0.3 is 0 Å². The summed E-state index contributed by atoms with van der Waals surface area (Å²) in [5.41, 5.74) is -0.800. The minimum Gasteiger partial charge on any atom is -0.507 e. The Hall–Kier alpha value is -1.48. The number of phenolic OH excluding ortho intramolecular Hbond substituents is 2. The number of rotatable bonds is 6. The number of unbranched alkanes of at least 4 members (excludes halogenated alkanes) is 2. The van der Waals surface area contributed by atoms with Crippen LogP contribution in [0.1, 0.15) is 83.6 Å². The van der Waals surface area contributed by atoms with Gasteiger partial charge in [0.15, 0.2) is 0 Å². The van der Waals surface area contributed by atoms with Gasteiger partial charge in [-0.1, -0.05) is 31.4 Å². The van der Waals surface area contributed by atoms with Gasteiger partial charge in [0.05, 0.1) is 5.60 Å². The molecule has 1 aromatic rings. The fraction of sp³-hybridized carbons (Fsp3) is 0.619. The highest BCUT2D eigenvalue weighted by Crippen LogP contribution is 2.47. The number of aryl methyl sites for hydroxylation is 1. The molecule has 2 atom stereocenters. The Balaban J connectivity index is 2.58. The lowest BCUT2D eigenvalue weighted by molar-refractivity contribution is 0.00421. The zero-order valence-electron chi connectivity index (χ0n) is 19.8. The molecular formula is C21H32O3. The van der Waals surface area contributed by atoms with Gasteiger partial charge in [0.1, 0.15) is 11.5 Å². The molecule has 1 aliphatic rings. The van der Waals surface area contributed by atoms with E-state index in [1.165, 1.54) is 19.9 Å². The predicted molar refractivity (Wildman–Crippen MR) is 98.5 cm³/mol. The van der Waals surface area contributed by atoms with Crippen LogP contribution < -0.4 is 0 Å². The molecule has 24 heavy (non-hydrogen) atoms. The first kappa shape index (κ1) is 12.8. The second-order valence-corrected chi connectivity index (χ2v) is 7.25. The Morgan fingerprint density at radius 1 is 1.25 bits per heavy atom. The molecule has 3 N–H and O–H groups in total. The van der Waals surface area contributed by atoms with E-state index in [0.29, 0.717) is 6.42 Å². The molecule has 0 amide bonds. The third kappa shape index (κ3) is 4.32. The lowest BCUT2D eigenvalue weighted by Crippen LogP contribution is -2.36. The number of aromatic hydroxyl groups is 2. The summed E-state index contributed by atoms with van der Waals surface area (Å²) in [6.45, 7) is 2.49. The molecule has 3 nitrogen and oxygen atoms in total. The maximum absolute atomic E-state index is 10.7. The number of phenols is 2. The summed E-state index contributed by atoms with van der Waals surface area (Å²) >= 11 is 0. The van der Waals surface area contributed by atoms with Crippen LogP contribution in [-0.2, 0) is 6.42 Å². The van der Waals surface area contributed by atoms with Gasteiger partial charge in [-0.15, -0.1) is 0 Å². The topological polar surface area (TPSA) is 60.7 Å². The maximum Gasteiger partial charge on any atom is 0.123 e. The minimum absolute atomic E-state index is 0.133. The van der Waals surface area contributed by atoms with Crippen molar-refractivity contribution in [2.24, 2.45) is 5.92 Å². The second kappa shape index (κ2) is 7.60. The molecule has 0 saturated carbocycles. The third-order valence-electron chi connectivity index (χ3n) is 4.80. The van der Waals surface area contributed by atoms with E-state index < -0.39 is 30.7 Å². The van der Waals surface area contributed by atoms with Crippen LogP contribution in [0.4, 0.5) is 0 Å². The minimum atomic E-state index is -2.66. The van der Waals surface area contributed by atoms with Crippen molar-refractivity contribution in [3.63, 3.8) is 0 Å². The molecule has 134 valence electrons. The molecule has 0 unspecified atom stereocenters. The Kier molecular flexibility index (Phi) is 4.06. The molecule has 2 rings (SSSR count). The Morgan fingerprint density at radius 3 is 2.46 bits per heavy atom. The summed E-state index contributed by atoms with van der Waals surface area (Å²) in [7, 11) is 0. The van der Waals surface area contributed by atoms with Crippen molar-refractivity contribution in [2.75, 3.05) is 0 Å². The van der Waals surface area contributed by atoms with Gasteiger partial charge < -0.3 is 15.3 Å². The Labute approximate surface area is 153 Å². The van der Waals surface area contributed by atoms with E-state index in [9.17, 15) is 15.3 Å². The van der Waals surface area contributed by atoms with Crippen molar-refractivity contribution in [1.82, 2.24) is 0 Å². The molecule has 0 aliphatic heterocycles. The van der Waals surface area contributed by atoms with E-state index in [0.717, 1.165) is 24.8 Å². The van der Waals surface area contributed by atoms with Crippen LogP contribution in [0, 0.1) is 5.92 Å². The summed E-state index contributed by atoms with van der Waals surface area (Å²) in [6.07, 6.45) is 2.62. The van der Waals surface area contributed by atoms with Gasteiger partial charge in [-0.05, 0) is 69.9 Å². The van der Waals surface area contributed by atoms with E-state index in [4.69, 9.17) is 6.85 Å². The van der Waals surface area contributed by atoms with E-state index >= 15 is 0 Å². The first-order valence-electron chi connectivity index (χ1n) is 11.2. The van der Waals surface area contributed by atoms with Gasteiger partial charge in [-0.25, -0.2) is 0 Å². The van der Waals surface area contributed by atoms with Crippen molar-refractivity contribution in [3.8, 4) is 11.5 Å². The SMILES string of the molecule is [2H]C([2H])([2H])C1=C[C@@H](c2c(O)cc(CCCCC)cc2O)[C@H](C(C)(C)O)CC1([2H])[2H]. The van der Waals surface area contributed by atoms with Crippen LogP contribution in [0.5, 0.6) is 11.5 Å². The summed E-state index contributed by atoms with van der Waals surface area (Å²) in [4.78, 5) is 0. The van der Waals surface area contributed by atoms with Crippen LogP contribution in [-0.4, -0.2) is 20.9 Å². The summed E-state index contributed by atoms with van der Waals surface area (Å²) in [6, 6.07) is 3.14. The zero-order valence-corrected chi connectivity index (χ0v) is 14.8. The number of benzene rings is 1. The van der Waals surface area contributed by atoms with Gasteiger partial charge in [0, 0.05) is 18.3 Å². The fourth-order valence-electron chi connectivity index (χ4n) is 3.42. The monoisotopic (exact) mass is 337 g/mol. The van der Waals surface area contributed by atoms with Crippen molar-refractivity contribution < 1.29 is 22.2 Å². The van der Waals surface area contributed by atoms with E-state index in [1.54, 1.807) is 12.1 Å². The van der Waals surface area contributed by atoms with Crippen molar-refractivity contribution in [1.29, 1.82) is 0 Å². The summed E-state index contributed by atoms with van der Waals surface area (Å²) in [5.74, 6) is -1.90. The average Bonchev–Trinajstić information content (AvgIpc) is 2.53. The number of hydrogen-bond donors (Lipinski definition) is 3. The highest BCUT2D eigenvalue weighted by Gasteiger charge is 2.38. The zero-order chi connectivity index (χ0) is 22.2. The first-order valence-corrected chi connectivity index (χ1v) is 8.68. The molecule has 0 spiro atoms. The fourth-order valence-corrected chi connectivity index (χ4v) is 3.42. The quantitative estimate of drug-likeness (QED) is 0.503. The molecule has 0 aromatic heterocycles. The van der Waals surface area contributed by atoms with E-state index in [1.807, 2.05) is 0 Å². The van der Waals surface area contributed by atoms with E-state index in [-0.39, 0.29) is 29.1 Å². The standard InChI is InChI=1S/C21H32O3/c1-5-6-7-8-15-12-18(22)20(19(23)13-15)16-11-14(2)9-10-17(16)21(3,4)24/h11-13,16-17,22-24H,5-10H2,1-4H3/t16-,17-/m1/s1/i2D3,9D2. The highest BCUT2D eigenvalue weighted by atomic mass is 16.3. The van der Waals surface area contributed by atoms with Gasteiger partial charge in [0.25, 0.3) is 0 Å². The van der Waals surface area contributed by atoms with Gasteiger partial charge in [-0.2, -0.15) is 0 Å².